The molecule has 4 unspecified atom stereocenters. The summed E-state index contributed by atoms with van der Waals surface area (Å²) in [5, 5.41) is 5.38. The highest BCUT2D eigenvalue weighted by Gasteiger charge is 2.59. The van der Waals surface area contributed by atoms with Gasteiger partial charge >= 0.3 is 5.97 Å². The van der Waals surface area contributed by atoms with Crippen molar-refractivity contribution in [3.05, 3.63) is 40.9 Å². The molecule has 146 valence electrons. The van der Waals surface area contributed by atoms with Gasteiger partial charge in [-0.3, -0.25) is 9.59 Å². The van der Waals surface area contributed by atoms with Crippen molar-refractivity contribution in [3.8, 4) is 5.75 Å². The van der Waals surface area contributed by atoms with Crippen LogP contribution in [-0.4, -0.2) is 42.2 Å². The molecule has 0 N–H and O–H groups in total. The number of carbonyl (C=O) groups is 3. The lowest BCUT2D eigenvalue weighted by Crippen LogP contribution is -2.28. The molecular weight excluding hydrogens is 384 g/mol. The van der Waals surface area contributed by atoms with Gasteiger partial charge in [-0.05, 0) is 48.9 Å². The molecule has 0 spiro atoms. The molecule has 4 rings (SSSR count). The third-order valence-corrected chi connectivity index (χ3v) is 5.67. The first-order valence-corrected chi connectivity index (χ1v) is 9.55. The second kappa shape index (κ2) is 7.39. The number of halogens is 1. The number of hydrogen-bond acceptors (Lipinski definition) is 6. The monoisotopic (exact) mass is 402 g/mol. The van der Waals surface area contributed by atoms with Crippen LogP contribution >= 0.6 is 11.6 Å². The first kappa shape index (κ1) is 18.7. The van der Waals surface area contributed by atoms with Crippen LogP contribution in [-0.2, 0) is 19.1 Å². The summed E-state index contributed by atoms with van der Waals surface area (Å²) in [6.07, 6.45) is 6.39. The van der Waals surface area contributed by atoms with Crippen molar-refractivity contribution in [2.45, 2.75) is 13.3 Å². The molecule has 1 aliphatic heterocycles. The Kier molecular flexibility index (Phi) is 4.93. The average molecular weight is 403 g/mol. The second-order valence-corrected chi connectivity index (χ2v) is 7.42. The molecule has 2 bridgehead atoms. The third kappa shape index (κ3) is 3.20. The van der Waals surface area contributed by atoms with Crippen LogP contribution in [0.2, 0.25) is 5.02 Å². The summed E-state index contributed by atoms with van der Waals surface area (Å²) in [4.78, 5) is 36.6. The molecule has 1 saturated heterocycles. The van der Waals surface area contributed by atoms with E-state index in [1.54, 1.807) is 25.1 Å². The zero-order valence-corrected chi connectivity index (χ0v) is 16.0. The van der Waals surface area contributed by atoms with Gasteiger partial charge in [-0.2, -0.15) is 10.1 Å². The normalized spacial score (nSPS) is 27.7. The van der Waals surface area contributed by atoms with Crippen molar-refractivity contribution < 1.29 is 23.9 Å². The van der Waals surface area contributed by atoms with E-state index in [4.69, 9.17) is 21.1 Å². The van der Waals surface area contributed by atoms with Gasteiger partial charge in [-0.25, -0.2) is 4.79 Å². The van der Waals surface area contributed by atoms with E-state index in [0.717, 1.165) is 11.4 Å². The number of carbonyl (C=O) groups excluding carboxylic acids is 3. The number of fused-ring (bicyclic) bond motifs is 5. The number of esters is 1. The van der Waals surface area contributed by atoms with Crippen molar-refractivity contribution in [2.24, 2.45) is 28.8 Å². The minimum Gasteiger partial charge on any atom is -0.480 e. The molecule has 0 radical (unpaired) electrons. The summed E-state index contributed by atoms with van der Waals surface area (Å²) in [5.74, 6) is -0.869. The predicted molar refractivity (Wildman–Crippen MR) is 101 cm³/mol. The summed E-state index contributed by atoms with van der Waals surface area (Å²) in [6, 6.07) is 4.85. The second-order valence-electron chi connectivity index (χ2n) is 7.02. The van der Waals surface area contributed by atoms with Gasteiger partial charge in [0.1, 0.15) is 5.75 Å². The number of rotatable bonds is 6. The van der Waals surface area contributed by atoms with Gasteiger partial charge in [-0.15, -0.1) is 0 Å². The molecule has 7 nitrogen and oxygen atoms in total. The van der Waals surface area contributed by atoms with Crippen molar-refractivity contribution >= 4 is 35.6 Å². The number of amides is 2. The molecule has 1 aromatic rings. The molecule has 1 heterocycles. The Morgan fingerprint density at radius 2 is 1.93 bits per heavy atom. The van der Waals surface area contributed by atoms with Gasteiger partial charge in [-0.1, -0.05) is 23.8 Å². The SMILES string of the molecule is CCOC(=O)COc1ccc(C=NN2C(=O)C3C4C=CC(C4)C3C2=O)cc1Cl. The molecule has 2 amide bonds. The van der Waals surface area contributed by atoms with Gasteiger partial charge < -0.3 is 9.47 Å². The average Bonchev–Trinajstić information content (AvgIpc) is 3.34. The predicted octanol–water partition coefficient (Wildman–Crippen LogP) is 2.42. The molecule has 1 aromatic carbocycles. The lowest BCUT2D eigenvalue weighted by atomic mass is 9.85. The minimum atomic E-state index is -0.482. The van der Waals surface area contributed by atoms with Crippen LogP contribution < -0.4 is 4.74 Å². The van der Waals surface area contributed by atoms with Crippen molar-refractivity contribution in [1.82, 2.24) is 5.01 Å². The maximum absolute atomic E-state index is 12.6. The zero-order valence-electron chi connectivity index (χ0n) is 15.2. The zero-order chi connectivity index (χ0) is 19.8. The van der Waals surface area contributed by atoms with E-state index < -0.39 is 5.97 Å². The van der Waals surface area contributed by atoms with E-state index in [0.29, 0.717) is 11.3 Å². The van der Waals surface area contributed by atoms with Gasteiger partial charge in [0, 0.05) is 0 Å². The fourth-order valence-electron chi connectivity index (χ4n) is 4.18. The van der Waals surface area contributed by atoms with Crippen LogP contribution in [0.1, 0.15) is 18.9 Å². The van der Waals surface area contributed by atoms with Crippen molar-refractivity contribution in [3.63, 3.8) is 0 Å². The van der Waals surface area contributed by atoms with E-state index in [1.165, 1.54) is 6.21 Å². The van der Waals surface area contributed by atoms with Crippen molar-refractivity contribution in [1.29, 1.82) is 0 Å². The molecule has 1 saturated carbocycles. The molecular formula is C20H19ClN2O5. The number of ether oxygens (including phenoxy) is 2. The van der Waals surface area contributed by atoms with Crippen LogP contribution in [0.15, 0.2) is 35.5 Å². The lowest BCUT2D eigenvalue weighted by Gasteiger charge is -2.13. The first-order valence-electron chi connectivity index (χ1n) is 9.17. The van der Waals surface area contributed by atoms with Gasteiger partial charge in [0.25, 0.3) is 11.8 Å². The molecule has 28 heavy (non-hydrogen) atoms. The molecule has 4 atom stereocenters. The number of nitrogens with zero attached hydrogens (tertiary/aromatic N) is 2. The summed E-state index contributed by atoms with van der Waals surface area (Å²) < 4.78 is 10.1. The van der Waals surface area contributed by atoms with E-state index >= 15 is 0 Å². The quantitative estimate of drug-likeness (QED) is 0.316. The maximum Gasteiger partial charge on any atom is 0.344 e. The Labute approximate surface area is 166 Å². The van der Waals surface area contributed by atoms with Gasteiger partial charge in [0.15, 0.2) is 6.61 Å². The smallest absolute Gasteiger partial charge is 0.344 e. The molecule has 8 heteroatoms. The summed E-state index contributed by atoms with van der Waals surface area (Å²) >= 11 is 6.17. The Morgan fingerprint density at radius 3 is 2.54 bits per heavy atom. The minimum absolute atomic E-state index is 0.150. The summed E-state index contributed by atoms with van der Waals surface area (Å²) in [6.45, 7) is 1.75. The fraction of sp³-hybridized carbons (Fsp3) is 0.400. The molecule has 0 aromatic heterocycles. The Balaban J connectivity index is 1.43. The summed E-state index contributed by atoms with van der Waals surface area (Å²) in [7, 11) is 0. The highest BCUT2D eigenvalue weighted by Crippen LogP contribution is 2.52. The highest BCUT2D eigenvalue weighted by molar-refractivity contribution is 6.32. The molecule has 3 aliphatic rings. The van der Waals surface area contributed by atoms with Crippen LogP contribution in [0, 0.1) is 23.7 Å². The first-order chi connectivity index (χ1) is 13.5. The van der Waals surface area contributed by atoms with E-state index in [-0.39, 0.29) is 53.7 Å². The van der Waals surface area contributed by atoms with Gasteiger partial charge in [0.05, 0.1) is 29.7 Å². The van der Waals surface area contributed by atoms with Crippen LogP contribution in [0.5, 0.6) is 5.75 Å². The Hall–Kier alpha value is -2.67. The lowest BCUT2D eigenvalue weighted by molar-refractivity contribution is -0.145. The third-order valence-electron chi connectivity index (χ3n) is 5.38. The van der Waals surface area contributed by atoms with Crippen LogP contribution in [0.3, 0.4) is 0 Å². The van der Waals surface area contributed by atoms with Crippen LogP contribution in [0.4, 0.5) is 0 Å². The van der Waals surface area contributed by atoms with Crippen molar-refractivity contribution in [2.75, 3.05) is 13.2 Å². The number of imide groups is 1. The van der Waals surface area contributed by atoms with E-state index in [2.05, 4.69) is 5.10 Å². The largest absolute Gasteiger partial charge is 0.480 e. The Bertz CT molecular complexity index is 867. The number of benzene rings is 1. The number of hydrazone groups is 1. The highest BCUT2D eigenvalue weighted by atomic mass is 35.5. The standard InChI is InChI=1S/C20H19ClN2O5/c1-2-27-16(24)10-28-15-6-3-11(7-14(15)21)9-22-23-19(25)17-12-4-5-13(8-12)18(17)20(23)26/h3-7,9,12-13,17-18H,2,8,10H2,1H3. The van der Waals surface area contributed by atoms with E-state index in [9.17, 15) is 14.4 Å². The van der Waals surface area contributed by atoms with E-state index in [1.807, 2.05) is 12.2 Å². The Morgan fingerprint density at radius 1 is 1.25 bits per heavy atom. The fourth-order valence-corrected chi connectivity index (χ4v) is 4.42. The maximum atomic E-state index is 12.6. The van der Waals surface area contributed by atoms with Gasteiger partial charge in [0.2, 0.25) is 0 Å². The molecule has 2 fully saturated rings. The topological polar surface area (TPSA) is 85.3 Å². The number of allylic oxidation sites excluding steroid dienone is 2. The summed E-state index contributed by atoms with van der Waals surface area (Å²) in [5.41, 5.74) is 0.604. The van der Waals surface area contributed by atoms with Crippen LogP contribution in [0.25, 0.3) is 0 Å². The molecule has 2 aliphatic carbocycles. The number of hydrogen-bond donors (Lipinski definition) is 0.